The van der Waals surface area contributed by atoms with Crippen LogP contribution in [0.3, 0.4) is 0 Å². The molecule has 3 rings (SSSR count). The first-order valence-electron chi connectivity index (χ1n) is 8.99. The number of thiophene rings is 1. The molecule has 6 heteroatoms. The summed E-state index contributed by atoms with van der Waals surface area (Å²) < 4.78 is 13.9. The van der Waals surface area contributed by atoms with E-state index in [2.05, 4.69) is 17.6 Å². The second-order valence-corrected chi connectivity index (χ2v) is 7.85. The number of carbonyl (C=O) groups is 2. The number of hydrogen-bond acceptors (Lipinski definition) is 3. The SMILES string of the molecule is CCCNC(=O)c1c(NC(=O)c2ccccc2F)sc2c1CC[C@H](C)C2. The van der Waals surface area contributed by atoms with Crippen LogP contribution in [0.4, 0.5) is 9.39 Å². The van der Waals surface area contributed by atoms with Gasteiger partial charge in [0.1, 0.15) is 10.8 Å². The zero-order valence-electron chi connectivity index (χ0n) is 15.0. The maximum Gasteiger partial charge on any atom is 0.259 e. The Bertz CT molecular complexity index is 831. The van der Waals surface area contributed by atoms with E-state index in [1.807, 2.05) is 6.92 Å². The van der Waals surface area contributed by atoms with E-state index >= 15 is 0 Å². The quantitative estimate of drug-likeness (QED) is 0.815. The molecule has 0 aliphatic heterocycles. The predicted molar refractivity (Wildman–Crippen MR) is 102 cm³/mol. The van der Waals surface area contributed by atoms with Crippen molar-refractivity contribution in [3.8, 4) is 0 Å². The van der Waals surface area contributed by atoms with Crippen LogP contribution in [0.5, 0.6) is 0 Å². The molecule has 4 nitrogen and oxygen atoms in total. The van der Waals surface area contributed by atoms with Crippen molar-refractivity contribution in [3.05, 3.63) is 51.7 Å². The largest absolute Gasteiger partial charge is 0.352 e. The van der Waals surface area contributed by atoms with Gasteiger partial charge in [0, 0.05) is 11.4 Å². The average molecular weight is 374 g/mol. The summed E-state index contributed by atoms with van der Waals surface area (Å²) in [6, 6.07) is 5.86. The van der Waals surface area contributed by atoms with Crippen LogP contribution in [-0.4, -0.2) is 18.4 Å². The standard InChI is InChI=1S/C20H23FN2O2S/c1-3-10-22-19(25)17-14-9-8-12(2)11-16(14)26-20(17)23-18(24)13-6-4-5-7-15(13)21/h4-7,12H,3,8-11H2,1-2H3,(H,22,25)(H,23,24)/t12-/m0/s1. The number of carbonyl (C=O) groups excluding carboxylic acids is 2. The molecule has 26 heavy (non-hydrogen) atoms. The fraction of sp³-hybridized carbons (Fsp3) is 0.400. The topological polar surface area (TPSA) is 58.2 Å². The Morgan fingerprint density at radius 1 is 1.27 bits per heavy atom. The van der Waals surface area contributed by atoms with Gasteiger partial charge in [0.2, 0.25) is 0 Å². The normalized spacial score (nSPS) is 16.0. The number of anilines is 1. The number of fused-ring (bicyclic) bond motifs is 1. The van der Waals surface area contributed by atoms with Crippen LogP contribution < -0.4 is 10.6 Å². The zero-order valence-corrected chi connectivity index (χ0v) is 15.8. The van der Waals surface area contributed by atoms with E-state index in [9.17, 15) is 14.0 Å². The van der Waals surface area contributed by atoms with Gasteiger partial charge in [-0.2, -0.15) is 0 Å². The van der Waals surface area contributed by atoms with Crippen LogP contribution in [0, 0.1) is 11.7 Å². The molecule has 1 heterocycles. The van der Waals surface area contributed by atoms with Crippen LogP contribution in [0.1, 0.15) is 57.8 Å². The Hall–Kier alpha value is -2.21. The molecule has 0 saturated carbocycles. The van der Waals surface area contributed by atoms with E-state index in [-0.39, 0.29) is 11.5 Å². The molecule has 0 unspecified atom stereocenters. The van der Waals surface area contributed by atoms with E-state index in [4.69, 9.17) is 0 Å². The summed E-state index contributed by atoms with van der Waals surface area (Å²) in [5.74, 6) is -0.707. The van der Waals surface area contributed by atoms with Gasteiger partial charge in [-0.3, -0.25) is 9.59 Å². The van der Waals surface area contributed by atoms with Gasteiger partial charge in [0.25, 0.3) is 11.8 Å². The summed E-state index contributed by atoms with van der Waals surface area (Å²) in [6.07, 6.45) is 3.60. The van der Waals surface area contributed by atoms with Gasteiger partial charge in [-0.1, -0.05) is 26.0 Å². The van der Waals surface area contributed by atoms with Crippen molar-refractivity contribution in [2.75, 3.05) is 11.9 Å². The van der Waals surface area contributed by atoms with Crippen molar-refractivity contribution in [1.82, 2.24) is 5.32 Å². The fourth-order valence-electron chi connectivity index (χ4n) is 3.22. The first kappa shape index (κ1) is 18.6. The van der Waals surface area contributed by atoms with Crippen molar-refractivity contribution >= 4 is 28.2 Å². The highest BCUT2D eigenvalue weighted by Gasteiger charge is 2.28. The van der Waals surface area contributed by atoms with Crippen LogP contribution in [0.15, 0.2) is 24.3 Å². The van der Waals surface area contributed by atoms with Gasteiger partial charge < -0.3 is 10.6 Å². The number of nitrogens with one attached hydrogen (secondary N) is 2. The second kappa shape index (κ2) is 7.99. The third-order valence-corrected chi connectivity index (χ3v) is 5.79. The minimum atomic E-state index is -0.572. The molecule has 0 bridgehead atoms. The molecule has 138 valence electrons. The monoisotopic (exact) mass is 374 g/mol. The molecule has 1 aliphatic carbocycles. The van der Waals surface area contributed by atoms with Crippen molar-refractivity contribution < 1.29 is 14.0 Å². The van der Waals surface area contributed by atoms with Crippen molar-refractivity contribution in [2.45, 2.75) is 39.5 Å². The van der Waals surface area contributed by atoms with E-state index in [1.165, 1.54) is 23.5 Å². The number of benzene rings is 1. The molecule has 2 aromatic rings. The van der Waals surface area contributed by atoms with E-state index < -0.39 is 11.7 Å². The highest BCUT2D eigenvalue weighted by molar-refractivity contribution is 7.17. The van der Waals surface area contributed by atoms with Crippen LogP contribution in [-0.2, 0) is 12.8 Å². The minimum Gasteiger partial charge on any atom is -0.352 e. The number of halogens is 1. The molecular formula is C20H23FN2O2S. The third-order valence-electron chi connectivity index (χ3n) is 4.62. The third kappa shape index (κ3) is 3.80. The average Bonchev–Trinajstić information content (AvgIpc) is 2.96. The lowest BCUT2D eigenvalue weighted by Gasteiger charge is -2.18. The predicted octanol–water partition coefficient (Wildman–Crippen LogP) is 4.40. The second-order valence-electron chi connectivity index (χ2n) is 6.75. The Labute approximate surface area is 156 Å². The summed E-state index contributed by atoms with van der Waals surface area (Å²) in [7, 11) is 0. The highest BCUT2D eigenvalue weighted by atomic mass is 32.1. The zero-order chi connectivity index (χ0) is 18.7. The van der Waals surface area contributed by atoms with Gasteiger partial charge in [0.15, 0.2) is 0 Å². The maximum absolute atomic E-state index is 13.9. The van der Waals surface area contributed by atoms with Gasteiger partial charge in [-0.15, -0.1) is 11.3 Å². The van der Waals surface area contributed by atoms with Crippen LogP contribution in [0.25, 0.3) is 0 Å². The summed E-state index contributed by atoms with van der Waals surface area (Å²) in [5.41, 5.74) is 1.56. The van der Waals surface area contributed by atoms with Crippen LogP contribution >= 0.6 is 11.3 Å². The molecule has 2 N–H and O–H groups in total. The summed E-state index contributed by atoms with van der Waals surface area (Å²) in [6.45, 7) is 4.77. The Morgan fingerprint density at radius 2 is 2.04 bits per heavy atom. The lowest BCUT2D eigenvalue weighted by molar-refractivity contribution is 0.0953. The Kier molecular flexibility index (Phi) is 5.71. The smallest absolute Gasteiger partial charge is 0.259 e. The van der Waals surface area contributed by atoms with Gasteiger partial charge >= 0.3 is 0 Å². The Morgan fingerprint density at radius 3 is 2.77 bits per heavy atom. The number of hydrogen-bond donors (Lipinski definition) is 2. The molecular weight excluding hydrogens is 351 g/mol. The molecule has 2 amide bonds. The maximum atomic E-state index is 13.9. The molecule has 1 aromatic carbocycles. The van der Waals surface area contributed by atoms with Crippen molar-refractivity contribution in [3.63, 3.8) is 0 Å². The van der Waals surface area contributed by atoms with E-state index in [0.717, 1.165) is 36.1 Å². The molecule has 0 fully saturated rings. The van der Waals surface area contributed by atoms with E-state index in [1.54, 1.807) is 12.1 Å². The summed E-state index contributed by atoms with van der Waals surface area (Å²) >= 11 is 1.44. The van der Waals surface area contributed by atoms with Crippen LogP contribution in [0.2, 0.25) is 0 Å². The molecule has 0 spiro atoms. The number of amides is 2. The van der Waals surface area contributed by atoms with Gasteiger partial charge in [-0.05, 0) is 49.3 Å². The molecule has 1 aliphatic rings. The molecule has 1 atom stereocenters. The highest BCUT2D eigenvalue weighted by Crippen LogP contribution is 2.39. The van der Waals surface area contributed by atoms with Crippen molar-refractivity contribution in [2.24, 2.45) is 5.92 Å². The van der Waals surface area contributed by atoms with E-state index in [0.29, 0.717) is 23.0 Å². The summed E-state index contributed by atoms with van der Waals surface area (Å²) in [5, 5.41) is 6.20. The first-order chi connectivity index (χ1) is 12.5. The van der Waals surface area contributed by atoms with Gasteiger partial charge in [-0.25, -0.2) is 4.39 Å². The van der Waals surface area contributed by atoms with Crippen molar-refractivity contribution in [1.29, 1.82) is 0 Å². The lowest BCUT2D eigenvalue weighted by atomic mass is 9.88. The van der Waals surface area contributed by atoms with Gasteiger partial charge in [0.05, 0.1) is 11.1 Å². The molecule has 0 saturated heterocycles. The minimum absolute atomic E-state index is 0.0212. The molecule has 1 aromatic heterocycles. The fourth-order valence-corrected chi connectivity index (χ4v) is 4.63. The summed E-state index contributed by atoms with van der Waals surface area (Å²) in [4.78, 5) is 26.4. The Balaban J connectivity index is 1.94. The lowest BCUT2D eigenvalue weighted by Crippen LogP contribution is -2.26. The first-order valence-corrected chi connectivity index (χ1v) is 9.81. The number of rotatable bonds is 5. The molecule has 0 radical (unpaired) electrons.